The summed E-state index contributed by atoms with van der Waals surface area (Å²) in [6.45, 7) is 1.96. The molecule has 0 saturated carbocycles. The number of carbonyl (C=O) groups is 1. The summed E-state index contributed by atoms with van der Waals surface area (Å²) < 4.78 is 5.70. The van der Waals surface area contributed by atoms with Gasteiger partial charge in [-0.2, -0.15) is 0 Å². The van der Waals surface area contributed by atoms with Crippen LogP contribution in [0.1, 0.15) is 15.9 Å². The van der Waals surface area contributed by atoms with Crippen LogP contribution in [0.2, 0.25) is 0 Å². The summed E-state index contributed by atoms with van der Waals surface area (Å²) in [6.07, 6.45) is 1.85. The molecule has 0 fully saturated rings. The van der Waals surface area contributed by atoms with Crippen molar-refractivity contribution in [2.75, 3.05) is 6.26 Å². The Kier molecular flexibility index (Phi) is 4.12. The van der Waals surface area contributed by atoms with Crippen LogP contribution in [0.4, 0.5) is 0 Å². The van der Waals surface area contributed by atoms with E-state index in [1.165, 1.54) is 11.8 Å². The van der Waals surface area contributed by atoms with E-state index in [0.717, 1.165) is 5.56 Å². The van der Waals surface area contributed by atoms with Crippen molar-refractivity contribution < 1.29 is 14.6 Å². The molecule has 2 aromatic carbocycles. The van der Waals surface area contributed by atoms with Crippen LogP contribution in [0.3, 0.4) is 0 Å². The lowest BCUT2D eigenvalue weighted by Gasteiger charge is -2.11. The Balaban J connectivity index is 2.42. The SMILES string of the molecule is CSc1cccc(Oc2cccc(C)c2)c1C(=O)O. The maximum absolute atomic E-state index is 11.4. The lowest BCUT2D eigenvalue weighted by atomic mass is 10.2. The van der Waals surface area contributed by atoms with Gasteiger partial charge in [0.15, 0.2) is 0 Å². The van der Waals surface area contributed by atoms with Crippen LogP contribution in [0.5, 0.6) is 11.5 Å². The smallest absolute Gasteiger partial charge is 0.340 e. The van der Waals surface area contributed by atoms with Gasteiger partial charge >= 0.3 is 5.97 Å². The molecule has 0 amide bonds. The van der Waals surface area contributed by atoms with Crippen molar-refractivity contribution >= 4 is 17.7 Å². The Morgan fingerprint density at radius 3 is 2.58 bits per heavy atom. The van der Waals surface area contributed by atoms with Crippen molar-refractivity contribution in [3.8, 4) is 11.5 Å². The molecule has 1 N–H and O–H groups in total. The van der Waals surface area contributed by atoms with Crippen LogP contribution in [0.25, 0.3) is 0 Å². The number of hydrogen-bond acceptors (Lipinski definition) is 3. The van der Waals surface area contributed by atoms with E-state index in [2.05, 4.69) is 0 Å². The number of thioether (sulfide) groups is 1. The Morgan fingerprint density at radius 1 is 1.21 bits per heavy atom. The third kappa shape index (κ3) is 3.09. The monoisotopic (exact) mass is 274 g/mol. The molecule has 4 heteroatoms. The van der Waals surface area contributed by atoms with Gasteiger partial charge in [0.2, 0.25) is 0 Å². The Labute approximate surface area is 116 Å². The van der Waals surface area contributed by atoms with E-state index in [1.807, 2.05) is 37.4 Å². The topological polar surface area (TPSA) is 46.5 Å². The van der Waals surface area contributed by atoms with E-state index in [0.29, 0.717) is 16.4 Å². The van der Waals surface area contributed by atoms with Crippen molar-refractivity contribution in [1.82, 2.24) is 0 Å². The second-order valence-corrected chi connectivity index (χ2v) is 4.91. The van der Waals surface area contributed by atoms with Crippen LogP contribution < -0.4 is 4.74 Å². The summed E-state index contributed by atoms with van der Waals surface area (Å²) in [7, 11) is 0. The molecule has 98 valence electrons. The van der Waals surface area contributed by atoms with Crippen molar-refractivity contribution in [2.24, 2.45) is 0 Å². The standard InChI is InChI=1S/C15H14O3S/c1-10-5-3-6-11(9-10)18-12-7-4-8-13(19-2)14(12)15(16)17/h3-9H,1-2H3,(H,16,17). The van der Waals surface area contributed by atoms with Crippen LogP contribution in [0.15, 0.2) is 47.4 Å². The van der Waals surface area contributed by atoms with Gasteiger partial charge in [0.1, 0.15) is 17.1 Å². The van der Waals surface area contributed by atoms with Gasteiger partial charge in [-0.3, -0.25) is 0 Å². The molecule has 0 aliphatic rings. The molecule has 0 unspecified atom stereocenters. The molecule has 3 nitrogen and oxygen atoms in total. The lowest BCUT2D eigenvalue weighted by Crippen LogP contribution is -2.02. The fraction of sp³-hybridized carbons (Fsp3) is 0.133. The lowest BCUT2D eigenvalue weighted by molar-refractivity contribution is 0.0690. The third-order valence-corrected chi connectivity index (χ3v) is 3.42. The van der Waals surface area contributed by atoms with Crippen molar-refractivity contribution in [3.63, 3.8) is 0 Å². The van der Waals surface area contributed by atoms with Gasteiger partial charge in [0, 0.05) is 4.90 Å². The zero-order valence-electron chi connectivity index (χ0n) is 10.7. The number of benzene rings is 2. The number of carboxylic acid groups (broad SMARTS) is 1. The summed E-state index contributed by atoms with van der Waals surface area (Å²) in [5.41, 5.74) is 1.27. The molecule has 0 radical (unpaired) electrons. The third-order valence-electron chi connectivity index (χ3n) is 2.64. The predicted molar refractivity (Wildman–Crippen MR) is 76.4 cm³/mol. The first-order valence-corrected chi connectivity index (χ1v) is 6.99. The van der Waals surface area contributed by atoms with Crippen molar-refractivity contribution in [3.05, 3.63) is 53.6 Å². The van der Waals surface area contributed by atoms with E-state index in [-0.39, 0.29) is 5.56 Å². The highest BCUT2D eigenvalue weighted by Gasteiger charge is 2.16. The number of rotatable bonds is 4. The minimum atomic E-state index is -0.979. The van der Waals surface area contributed by atoms with E-state index in [1.54, 1.807) is 18.2 Å². The van der Waals surface area contributed by atoms with Gasteiger partial charge in [0.05, 0.1) is 0 Å². The molecule has 0 heterocycles. The average Bonchev–Trinajstić information content (AvgIpc) is 2.38. The molecule has 0 saturated heterocycles. The molecular formula is C15H14O3S. The van der Waals surface area contributed by atoms with Crippen LogP contribution in [-0.2, 0) is 0 Å². The van der Waals surface area contributed by atoms with E-state index in [9.17, 15) is 9.90 Å². The fourth-order valence-electron chi connectivity index (χ4n) is 1.78. The highest BCUT2D eigenvalue weighted by atomic mass is 32.2. The van der Waals surface area contributed by atoms with Gasteiger partial charge < -0.3 is 9.84 Å². The molecule has 0 aliphatic heterocycles. The maximum atomic E-state index is 11.4. The quantitative estimate of drug-likeness (QED) is 0.848. The Morgan fingerprint density at radius 2 is 1.95 bits per heavy atom. The van der Waals surface area contributed by atoms with Gasteiger partial charge in [0.25, 0.3) is 0 Å². The first kappa shape index (κ1) is 13.5. The maximum Gasteiger partial charge on any atom is 0.340 e. The molecule has 19 heavy (non-hydrogen) atoms. The predicted octanol–water partition coefficient (Wildman–Crippen LogP) is 4.21. The molecular weight excluding hydrogens is 260 g/mol. The summed E-state index contributed by atoms with van der Waals surface area (Å²) in [6, 6.07) is 12.8. The first-order chi connectivity index (χ1) is 9.11. The number of carboxylic acids is 1. The van der Waals surface area contributed by atoms with Crippen LogP contribution >= 0.6 is 11.8 Å². The van der Waals surface area contributed by atoms with Crippen molar-refractivity contribution in [1.29, 1.82) is 0 Å². The minimum absolute atomic E-state index is 0.205. The highest BCUT2D eigenvalue weighted by Crippen LogP contribution is 2.32. The second kappa shape index (κ2) is 5.80. The number of aryl methyl sites for hydroxylation is 1. The first-order valence-electron chi connectivity index (χ1n) is 5.76. The zero-order chi connectivity index (χ0) is 13.8. The minimum Gasteiger partial charge on any atom is -0.478 e. The van der Waals surface area contributed by atoms with E-state index < -0.39 is 5.97 Å². The second-order valence-electron chi connectivity index (χ2n) is 4.06. The Bertz CT molecular complexity index is 608. The summed E-state index contributed by atoms with van der Waals surface area (Å²) in [5, 5.41) is 9.32. The molecule has 0 aliphatic carbocycles. The van der Waals surface area contributed by atoms with E-state index >= 15 is 0 Å². The van der Waals surface area contributed by atoms with E-state index in [4.69, 9.17) is 4.74 Å². The number of hydrogen-bond donors (Lipinski definition) is 1. The highest BCUT2D eigenvalue weighted by molar-refractivity contribution is 7.98. The van der Waals surface area contributed by atoms with Crippen molar-refractivity contribution in [2.45, 2.75) is 11.8 Å². The average molecular weight is 274 g/mol. The molecule has 2 rings (SSSR count). The molecule has 2 aromatic rings. The summed E-state index contributed by atoms with van der Waals surface area (Å²) in [5.74, 6) is 0.0262. The normalized spacial score (nSPS) is 10.2. The van der Waals surface area contributed by atoms with Crippen LogP contribution in [0, 0.1) is 6.92 Å². The largest absolute Gasteiger partial charge is 0.478 e. The molecule has 0 spiro atoms. The Hall–Kier alpha value is -1.94. The fourth-order valence-corrected chi connectivity index (χ4v) is 2.39. The molecule has 0 atom stereocenters. The molecule has 0 aromatic heterocycles. The van der Waals surface area contributed by atoms with Gasteiger partial charge in [-0.1, -0.05) is 18.2 Å². The van der Waals surface area contributed by atoms with Gasteiger partial charge in [-0.05, 0) is 43.0 Å². The summed E-state index contributed by atoms with van der Waals surface area (Å²) in [4.78, 5) is 12.1. The zero-order valence-corrected chi connectivity index (χ0v) is 11.5. The number of ether oxygens (including phenoxy) is 1. The van der Waals surface area contributed by atoms with Crippen LogP contribution in [-0.4, -0.2) is 17.3 Å². The van der Waals surface area contributed by atoms with Gasteiger partial charge in [-0.25, -0.2) is 4.79 Å². The van der Waals surface area contributed by atoms with Gasteiger partial charge in [-0.15, -0.1) is 11.8 Å². The number of aromatic carboxylic acids is 1. The molecule has 0 bridgehead atoms. The summed E-state index contributed by atoms with van der Waals surface area (Å²) >= 11 is 1.39.